The number of rotatable bonds is 4. The molecule has 3 aliphatic rings. The molecule has 7 heteroatoms. The fourth-order valence-corrected chi connectivity index (χ4v) is 5.54. The molecule has 0 bridgehead atoms. The van der Waals surface area contributed by atoms with Crippen LogP contribution in [0.25, 0.3) is 10.9 Å². The summed E-state index contributed by atoms with van der Waals surface area (Å²) in [6.45, 7) is 4.86. The second-order valence-electron chi connectivity index (χ2n) is 10.2. The van der Waals surface area contributed by atoms with Gasteiger partial charge in [-0.05, 0) is 68.2 Å². The lowest BCUT2D eigenvalue weighted by Crippen LogP contribution is -2.34. The smallest absolute Gasteiger partial charge is 0.170 e. The molecule has 0 amide bonds. The molecule has 3 heterocycles. The van der Waals surface area contributed by atoms with Gasteiger partial charge in [-0.2, -0.15) is 0 Å². The Morgan fingerprint density at radius 3 is 2.41 bits per heavy atom. The number of hydrogen-bond donors (Lipinski definition) is 1. The van der Waals surface area contributed by atoms with Crippen LogP contribution in [-0.2, 0) is 5.67 Å². The number of aliphatic hydroxyl groups excluding tert-OH is 1. The first-order valence-electron chi connectivity index (χ1n) is 12.4. The van der Waals surface area contributed by atoms with Crippen molar-refractivity contribution in [2.24, 2.45) is 0 Å². The third kappa shape index (κ3) is 3.80. The molecule has 3 aromatic rings. The summed E-state index contributed by atoms with van der Waals surface area (Å²) in [4.78, 5) is 13.2. The first-order chi connectivity index (χ1) is 16.4. The molecule has 1 N–H and O–H groups in total. The number of β-amino-alcohol motifs (C(OH)–C–C–N with tert-alkyl or cyclic N) is 1. The van der Waals surface area contributed by atoms with E-state index >= 15 is 8.78 Å². The normalized spacial score (nSPS) is 22.5. The Bertz CT molecular complexity index is 1240. The van der Waals surface area contributed by atoms with Crippen LogP contribution in [0.3, 0.4) is 0 Å². The number of aromatic nitrogens is 2. The number of aryl methyl sites for hydroxylation is 1. The highest BCUT2D eigenvalue weighted by molar-refractivity contribution is 5.93. The first-order valence-corrected chi connectivity index (χ1v) is 12.4. The first kappa shape index (κ1) is 21.7. The number of aliphatic hydroxyl groups is 1. The number of fused-ring (bicyclic) bond motifs is 1. The zero-order chi connectivity index (χ0) is 23.4. The Kier molecular flexibility index (Phi) is 5.21. The van der Waals surface area contributed by atoms with E-state index in [9.17, 15) is 5.11 Å². The van der Waals surface area contributed by atoms with Crippen LogP contribution in [0, 0.1) is 12.7 Å². The van der Waals surface area contributed by atoms with Gasteiger partial charge in [0.25, 0.3) is 0 Å². The average molecular weight is 465 g/mol. The molecule has 0 spiro atoms. The summed E-state index contributed by atoms with van der Waals surface area (Å²) in [6, 6.07) is 11.9. The monoisotopic (exact) mass is 464 g/mol. The zero-order valence-electron chi connectivity index (χ0n) is 19.5. The molecule has 1 atom stereocenters. The maximum atomic E-state index is 15.3. The van der Waals surface area contributed by atoms with Gasteiger partial charge >= 0.3 is 0 Å². The molecule has 2 aliphatic heterocycles. The highest BCUT2D eigenvalue weighted by Crippen LogP contribution is 2.49. The van der Waals surface area contributed by atoms with Crippen LogP contribution in [0.5, 0.6) is 0 Å². The Morgan fingerprint density at radius 1 is 1.00 bits per heavy atom. The SMILES string of the molecule is Cc1ccccc1C1CCN(c2nc(C3(F)CC3)nc3c(F)cc(N4CC[C@@H](O)C4)cc23)CC1. The van der Waals surface area contributed by atoms with E-state index in [1.54, 1.807) is 0 Å². The minimum Gasteiger partial charge on any atom is -0.391 e. The van der Waals surface area contributed by atoms with E-state index in [0.29, 0.717) is 49.5 Å². The van der Waals surface area contributed by atoms with Crippen molar-refractivity contribution < 1.29 is 13.9 Å². The van der Waals surface area contributed by atoms with Gasteiger partial charge in [0.2, 0.25) is 0 Å². The van der Waals surface area contributed by atoms with E-state index in [2.05, 4.69) is 41.1 Å². The fourth-order valence-electron chi connectivity index (χ4n) is 5.54. The van der Waals surface area contributed by atoms with Crippen LogP contribution < -0.4 is 9.80 Å². The number of nitrogens with zero attached hydrogens (tertiary/aromatic N) is 4. The van der Waals surface area contributed by atoms with Gasteiger partial charge in [-0.3, -0.25) is 0 Å². The molecule has 1 aliphatic carbocycles. The van der Waals surface area contributed by atoms with E-state index in [-0.39, 0.29) is 11.3 Å². The van der Waals surface area contributed by atoms with Crippen molar-refractivity contribution in [2.45, 2.75) is 56.7 Å². The van der Waals surface area contributed by atoms with E-state index in [1.165, 1.54) is 17.2 Å². The van der Waals surface area contributed by atoms with E-state index in [0.717, 1.165) is 31.6 Å². The van der Waals surface area contributed by atoms with Crippen molar-refractivity contribution in [1.29, 1.82) is 0 Å². The van der Waals surface area contributed by atoms with Crippen molar-refractivity contribution >= 4 is 22.4 Å². The van der Waals surface area contributed by atoms with Crippen LogP contribution >= 0.6 is 0 Å². The second-order valence-corrected chi connectivity index (χ2v) is 10.2. The second kappa shape index (κ2) is 8.15. The third-order valence-corrected chi connectivity index (χ3v) is 7.76. The van der Waals surface area contributed by atoms with Crippen LogP contribution in [0.1, 0.15) is 55.0 Å². The van der Waals surface area contributed by atoms with E-state index < -0.39 is 17.6 Å². The molecule has 0 unspecified atom stereocenters. The van der Waals surface area contributed by atoms with Gasteiger partial charge in [0, 0.05) is 37.3 Å². The van der Waals surface area contributed by atoms with Crippen molar-refractivity contribution in [2.75, 3.05) is 36.0 Å². The molecule has 6 rings (SSSR count). The summed E-state index contributed by atoms with van der Waals surface area (Å²) in [5.41, 5.74) is 2.07. The van der Waals surface area contributed by atoms with Gasteiger partial charge < -0.3 is 14.9 Å². The van der Waals surface area contributed by atoms with Crippen molar-refractivity contribution in [3.63, 3.8) is 0 Å². The topological polar surface area (TPSA) is 52.5 Å². The summed E-state index contributed by atoms with van der Waals surface area (Å²) in [5.74, 6) is 0.754. The predicted molar refractivity (Wildman–Crippen MR) is 130 cm³/mol. The third-order valence-electron chi connectivity index (χ3n) is 7.76. The molecule has 2 saturated heterocycles. The van der Waals surface area contributed by atoms with Gasteiger partial charge in [-0.1, -0.05) is 24.3 Å². The summed E-state index contributed by atoms with van der Waals surface area (Å²) in [6.07, 6.45) is 2.97. The summed E-state index contributed by atoms with van der Waals surface area (Å²) < 4.78 is 30.4. The average Bonchev–Trinajstić information content (AvgIpc) is 3.45. The van der Waals surface area contributed by atoms with E-state index in [1.807, 2.05) is 11.0 Å². The Morgan fingerprint density at radius 2 is 1.74 bits per heavy atom. The van der Waals surface area contributed by atoms with Gasteiger partial charge in [0.1, 0.15) is 11.3 Å². The highest BCUT2D eigenvalue weighted by Gasteiger charge is 2.48. The molecule has 0 radical (unpaired) electrons. The largest absolute Gasteiger partial charge is 0.391 e. The Balaban J connectivity index is 1.38. The molecular formula is C27H30F2N4O. The number of benzene rings is 2. The predicted octanol–water partition coefficient (Wildman–Crippen LogP) is 4.99. The van der Waals surface area contributed by atoms with E-state index in [4.69, 9.17) is 4.98 Å². The highest BCUT2D eigenvalue weighted by atomic mass is 19.1. The van der Waals surface area contributed by atoms with Gasteiger partial charge in [-0.15, -0.1) is 0 Å². The number of hydrogen-bond acceptors (Lipinski definition) is 5. The maximum Gasteiger partial charge on any atom is 0.170 e. The standard InChI is InChI=1S/C27H30F2N4O/c1-17-4-2-3-5-21(17)18-6-11-32(12-7-18)25-22-14-19(33-13-8-20(34)16-33)15-23(28)24(22)30-26(31-25)27(29)9-10-27/h2-5,14-15,18,20,34H,6-13,16H2,1H3/t20-/m1/s1. The van der Waals surface area contributed by atoms with Crippen molar-refractivity contribution in [1.82, 2.24) is 9.97 Å². The summed E-state index contributed by atoms with van der Waals surface area (Å²) in [7, 11) is 0. The van der Waals surface area contributed by atoms with Gasteiger partial charge in [-0.25, -0.2) is 18.7 Å². The fraction of sp³-hybridized carbons (Fsp3) is 0.481. The lowest BCUT2D eigenvalue weighted by atomic mass is 9.87. The Hall–Kier alpha value is -2.80. The maximum absolute atomic E-state index is 15.3. The Labute approximate surface area is 198 Å². The zero-order valence-corrected chi connectivity index (χ0v) is 19.5. The summed E-state index contributed by atoms with van der Waals surface area (Å²) in [5, 5.41) is 10.6. The lowest BCUT2D eigenvalue weighted by molar-refractivity contribution is 0.198. The number of piperidine rings is 1. The van der Waals surface area contributed by atoms with Crippen LogP contribution in [0.4, 0.5) is 20.3 Å². The van der Waals surface area contributed by atoms with Crippen LogP contribution in [0.2, 0.25) is 0 Å². The molecule has 178 valence electrons. The number of alkyl halides is 1. The minimum atomic E-state index is -1.54. The van der Waals surface area contributed by atoms with Crippen molar-refractivity contribution in [3.8, 4) is 0 Å². The molecule has 34 heavy (non-hydrogen) atoms. The van der Waals surface area contributed by atoms with Gasteiger partial charge in [0.05, 0.1) is 6.10 Å². The molecule has 1 aromatic heterocycles. The molecule has 1 saturated carbocycles. The molecule has 5 nitrogen and oxygen atoms in total. The molecule has 2 aromatic carbocycles. The van der Waals surface area contributed by atoms with Gasteiger partial charge in [0.15, 0.2) is 17.3 Å². The number of anilines is 2. The van der Waals surface area contributed by atoms with Crippen LogP contribution in [0.15, 0.2) is 36.4 Å². The summed E-state index contributed by atoms with van der Waals surface area (Å²) >= 11 is 0. The van der Waals surface area contributed by atoms with Crippen molar-refractivity contribution in [3.05, 3.63) is 59.2 Å². The molecule has 3 fully saturated rings. The lowest BCUT2D eigenvalue weighted by Gasteiger charge is -2.34. The quantitative estimate of drug-likeness (QED) is 0.590. The minimum absolute atomic E-state index is 0.110. The number of halogens is 2. The van der Waals surface area contributed by atoms with Crippen LogP contribution in [-0.4, -0.2) is 47.4 Å². The molecular weight excluding hydrogens is 434 g/mol.